The van der Waals surface area contributed by atoms with Gasteiger partial charge < -0.3 is 9.52 Å². The van der Waals surface area contributed by atoms with Gasteiger partial charge in [-0.25, -0.2) is 4.79 Å². The number of rotatable bonds is 4. The molecule has 7 heteroatoms. The number of hydrogen-bond acceptors (Lipinski definition) is 5. The lowest BCUT2D eigenvalue weighted by Gasteiger charge is -2.12. The third-order valence-corrected chi connectivity index (χ3v) is 3.14. The van der Waals surface area contributed by atoms with Crippen LogP contribution in [0.2, 0.25) is 0 Å². The Kier molecular flexibility index (Phi) is 3.30. The van der Waals surface area contributed by atoms with Crippen LogP contribution < -0.4 is 5.01 Å². The molecule has 1 aliphatic heterocycles. The van der Waals surface area contributed by atoms with Gasteiger partial charge in [-0.2, -0.15) is 10.1 Å². The van der Waals surface area contributed by atoms with Crippen molar-refractivity contribution in [3.05, 3.63) is 42.2 Å². The van der Waals surface area contributed by atoms with E-state index in [1.165, 1.54) is 6.07 Å². The van der Waals surface area contributed by atoms with Crippen LogP contribution in [0.1, 0.15) is 17.0 Å². The lowest BCUT2D eigenvalue weighted by Crippen LogP contribution is -2.19. The number of carbonyl (C=O) groups is 3. The number of carboxylic acid groups (broad SMARTS) is 1. The zero-order valence-corrected chi connectivity index (χ0v) is 11.2. The van der Waals surface area contributed by atoms with E-state index in [1.807, 2.05) is 0 Å². The van der Waals surface area contributed by atoms with E-state index in [4.69, 9.17) is 9.52 Å². The summed E-state index contributed by atoms with van der Waals surface area (Å²) in [5.74, 6) is -0.960. The van der Waals surface area contributed by atoms with E-state index in [0.29, 0.717) is 23.3 Å². The van der Waals surface area contributed by atoms with Crippen LogP contribution in [-0.4, -0.2) is 29.0 Å². The molecule has 0 atom stereocenters. The molecule has 0 saturated heterocycles. The van der Waals surface area contributed by atoms with E-state index in [9.17, 15) is 14.4 Å². The average Bonchev–Trinajstić information content (AvgIpc) is 3.14. The number of aliphatic carboxylic acids is 1. The number of amides is 1. The monoisotopic (exact) mass is 298 g/mol. The van der Waals surface area contributed by atoms with E-state index in [1.54, 1.807) is 30.3 Å². The summed E-state index contributed by atoms with van der Waals surface area (Å²) in [4.78, 5) is 33.4. The normalized spacial score (nSPS) is 14.1. The van der Waals surface area contributed by atoms with Crippen LogP contribution in [0.4, 0.5) is 5.69 Å². The number of carboxylic acids is 1. The van der Waals surface area contributed by atoms with Gasteiger partial charge in [-0.15, -0.1) is 0 Å². The maximum absolute atomic E-state index is 11.9. The molecule has 1 aromatic carbocycles. The Balaban J connectivity index is 1.96. The number of aldehydes is 1. The summed E-state index contributed by atoms with van der Waals surface area (Å²) in [7, 11) is 0. The van der Waals surface area contributed by atoms with Gasteiger partial charge in [-0.1, -0.05) is 12.1 Å². The van der Waals surface area contributed by atoms with Gasteiger partial charge in [-0.05, 0) is 24.3 Å². The predicted octanol–water partition coefficient (Wildman–Crippen LogP) is 1.94. The van der Waals surface area contributed by atoms with Crippen LogP contribution in [-0.2, 0) is 9.59 Å². The summed E-state index contributed by atoms with van der Waals surface area (Å²) in [5, 5.41) is 13.8. The Morgan fingerprint density at radius 2 is 2.14 bits per heavy atom. The first-order chi connectivity index (χ1) is 10.6. The fraction of sp³-hybridized carbons (Fsp3) is 0.0667. The minimum Gasteiger partial charge on any atom is -0.477 e. The second-order valence-electron chi connectivity index (χ2n) is 4.60. The van der Waals surface area contributed by atoms with Crippen molar-refractivity contribution in [2.75, 3.05) is 5.01 Å². The number of furan rings is 1. The van der Waals surface area contributed by atoms with Crippen molar-refractivity contribution in [2.24, 2.45) is 5.10 Å². The molecule has 0 unspecified atom stereocenters. The molecule has 0 saturated carbocycles. The first kappa shape index (κ1) is 13.7. The molecule has 0 radical (unpaired) electrons. The first-order valence-corrected chi connectivity index (χ1v) is 6.37. The van der Waals surface area contributed by atoms with E-state index >= 15 is 0 Å². The van der Waals surface area contributed by atoms with Crippen LogP contribution in [0.25, 0.3) is 11.3 Å². The minimum absolute atomic E-state index is 0.198. The Morgan fingerprint density at radius 3 is 2.77 bits per heavy atom. The Labute approximate surface area is 124 Å². The highest BCUT2D eigenvalue weighted by Gasteiger charge is 2.29. The molecular formula is C15H10N2O5. The lowest BCUT2D eigenvalue weighted by atomic mass is 10.1. The van der Waals surface area contributed by atoms with E-state index in [-0.39, 0.29) is 17.9 Å². The minimum atomic E-state index is -1.21. The van der Waals surface area contributed by atoms with Gasteiger partial charge in [0.05, 0.1) is 12.1 Å². The van der Waals surface area contributed by atoms with Gasteiger partial charge in [0, 0.05) is 5.56 Å². The Bertz CT molecular complexity index is 806. The molecule has 1 amide bonds. The average molecular weight is 298 g/mol. The lowest BCUT2D eigenvalue weighted by molar-refractivity contribution is -0.129. The van der Waals surface area contributed by atoms with Crippen molar-refractivity contribution < 1.29 is 23.9 Å². The summed E-state index contributed by atoms with van der Waals surface area (Å²) >= 11 is 0. The van der Waals surface area contributed by atoms with E-state index in [0.717, 1.165) is 5.01 Å². The fourth-order valence-electron chi connectivity index (χ4n) is 2.11. The molecule has 0 fully saturated rings. The molecule has 22 heavy (non-hydrogen) atoms. The van der Waals surface area contributed by atoms with Crippen LogP contribution >= 0.6 is 0 Å². The Hall–Kier alpha value is -3.22. The van der Waals surface area contributed by atoms with Crippen LogP contribution in [0, 0.1) is 0 Å². The van der Waals surface area contributed by atoms with Crippen molar-refractivity contribution in [3.8, 4) is 11.3 Å². The largest absolute Gasteiger partial charge is 0.477 e. The molecule has 0 spiro atoms. The topological polar surface area (TPSA) is 100 Å². The molecule has 2 heterocycles. The number of nitrogens with zero attached hydrogens (tertiary/aromatic N) is 2. The SMILES string of the molecule is O=Cc1ccc(-c2cccc(N3N=C(C(=O)O)CC3=O)c2)o1. The number of hydrogen-bond donors (Lipinski definition) is 1. The summed E-state index contributed by atoms with van der Waals surface area (Å²) in [6.07, 6.45) is 0.358. The fourth-order valence-corrected chi connectivity index (χ4v) is 2.11. The predicted molar refractivity (Wildman–Crippen MR) is 76.7 cm³/mol. The van der Waals surface area contributed by atoms with Gasteiger partial charge in [0.15, 0.2) is 17.8 Å². The zero-order valence-electron chi connectivity index (χ0n) is 11.2. The highest BCUT2D eigenvalue weighted by molar-refractivity contribution is 6.42. The molecule has 3 rings (SSSR count). The second kappa shape index (κ2) is 5.28. The summed E-state index contributed by atoms with van der Waals surface area (Å²) in [6.45, 7) is 0. The van der Waals surface area contributed by atoms with Crippen molar-refractivity contribution >= 4 is 29.6 Å². The molecule has 1 N–H and O–H groups in total. The third-order valence-electron chi connectivity index (χ3n) is 3.14. The van der Waals surface area contributed by atoms with E-state index in [2.05, 4.69) is 5.10 Å². The molecular weight excluding hydrogens is 288 g/mol. The molecule has 0 aliphatic carbocycles. The number of benzene rings is 1. The van der Waals surface area contributed by atoms with Crippen LogP contribution in [0.15, 0.2) is 45.9 Å². The smallest absolute Gasteiger partial charge is 0.352 e. The highest BCUT2D eigenvalue weighted by atomic mass is 16.4. The molecule has 7 nitrogen and oxygen atoms in total. The van der Waals surface area contributed by atoms with E-state index < -0.39 is 11.9 Å². The highest BCUT2D eigenvalue weighted by Crippen LogP contribution is 2.28. The summed E-state index contributed by atoms with van der Waals surface area (Å²) in [5.41, 5.74) is 0.886. The molecule has 2 aromatic rings. The van der Waals surface area contributed by atoms with Crippen molar-refractivity contribution in [1.82, 2.24) is 0 Å². The maximum Gasteiger partial charge on any atom is 0.352 e. The third kappa shape index (κ3) is 2.39. The molecule has 1 aliphatic rings. The van der Waals surface area contributed by atoms with Crippen LogP contribution in [0.3, 0.4) is 0 Å². The first-order valence-electron chi connectivity index (χ1n) is 6.37. The number of carbonyl (C=O) groups excluding carboxylic acids is 2. The van der Waals surface area contributed by atoms with Gasteiger partial charge in [0.2, 0.25) is 0 Å². The second-order valence-corrected chi connectivity index (χ2v) is 4.60. The molecule has 1 aromatic heterocycles. The molecule has 110 valence electrons. The standard InChI is InChI=1S/C15H10N2O5/c18-8-11-4-5-13(22-11)9-2-1-3-10(6-9)17-14(19)7-12(16-17)15(20)21/h1-6,8H,7H2,(H,20,21). The van der Waals surface area contributed by atoms with Gasteiger partial charge in [0.1, 0.15) is 5.76 Å². The van der Waals surface area contributed by atoms with Crippen molar-refractivity contribution in [1.29, 1.82) is 0 Å². The van der Waals surface area contributed by atoms with Gasteiger partial charge in [0.25, 0.3) is 5.91 Å². The van der Waals surface area contributed by atoms with Crippen LogP contribution in [0.5, 0.6) is 0 Å². The maximum atomic E-state index is 11.9. The summed E-state index contributed by atoms with van der Waals surface area (Å²) in [6, 6.07) is 9.89. The summed E-state index contributed by atoms with van der Waals surface area (Å²) < 4.78 is 5.32. The quantitative estimate of drug-likeness (QED) is 0.869. The zero-order chi connectivity index (χ0) is 15.7. The van der Waals surface area contributed by atoms with Crippen molar-refractivity contribution in [2.45, 2.75) is 6.42 Å². The van der Waals surface area contributed by atoms with Crippen molar-refractivity contribution in [3.63, 3.8) is 0 Å². The molecule has 0 bridgehead atoms. The Morgan fingerprint density at radius 1 is 1.32 bits per heavy atom. The number of hydrazone groups is 1. The van der Waals surface area contributed by atoms with Gasteiger partial charge in [-0.3, -0.25) is 9.59 Å². The number of anilines is 1. The van der Waals surface area contributed by atoms with Gasteiger partial charge >= 0.3 is 5.97 Å².